The Morgan fingerprint density at radius 2 is 1.25 bits per heavy atom. The zero-order chi connectivity index (χ0) is 8.59. The summed E-state index contributed by atoms with van der Waals surface area (Å²) in [6.07, 6.45) is 0. The summed E-state index contributed by atoms with van der Waals surface area (Å²) in [5.41, 5.74) is 0. The molecule has 1 rings (SSSR count). The van der Waals surface area contributed by atoms with Crippen molar-refractivity contribution in [2.45, 2.75) is 4.90 Å². The third-order valence-corrected chi connectivity index (χ3v) is 1.48. The number of hydrogen-bond acceptors (Lipinski definition) is 1. The normalized spacial score (nSPS) is 9.42. The molecule has 0 aliphatic heterocycles. The first-order valence-corrected chi connectivity index (χ1v) is 3.00. The molecule has 1 radical (unpaired) electrons. The average molecular weight is 246 g/mol. The molecule has 0 fully saturated rings. The van der Waals surface area contributed by atoms with Gasteiger partial charge in [-0.2, -0.15) is 0 Å². The van der Waals surface area contributed by atoms with E-state index in [2.05, 4.69) is 12.6 Å². The molecule has 0 amide bonds. The Bertz CT molecular complexity index is 276. The summed E-state index contributed by atoms with van der Waals surface area (Å²) in [7, 11) is 0. The molecule has 0 nitrogen and oxygen atoms in total. The second-order valence-electron chi connectivity index (χ2n) is 1.82. The molecule has 71 valence electrons. The Hall–Kier alpha value is -0.191. The molecule has 0 bridgehead atoms. The van der Waals surface area contributed by atoms with E-state index < -0.39 is 28.2 Å². The minimum Gasteiger partial charge on any atom is -0.204 e. The van der Waals surface area contributed by atoms with Crippen LogP contribution < -0.4 is 0 Å². The average Bonchev–Trinajstić information content (AvgIpc) is 1.97. The predicted octanol–water partition coefficient (Wildman–Crippen LogP) is 2.53. The van der Waals surface area contributed by atoms with Crippen molar-refractivity contribution in [3.63, 3.8) is 0 Å². The molecule has 1 aromatic carbocycles. The smallest absolute Gasteiger partial charge is 0.175 e. The van der Waals surface area contributed by atoms with E-state index in [0.29, 0.717) is 0 Å². The van der Waals surface area contributed by atoms with Crippen LogP contribution >= 0.6 is 12.6 Å². The minimum absolute atomic E-state index is 0. The Balaban J connectivity index is 0.00000121. The van der Waals surface area contributed by atoms with Gasteiger partial charge in [-0.1, -0.05) is 0 Å². The Morgan fingerprint density at radius 3 is 1.58 bits per heavy atom. The number of hydrogen-bond donors (Lipinski definition) is 1. The maximum absolute atomic E-state index is 12.3. The van der Waals surface area contributed by atoms with Crippen LogP contribution in [-0.2, 0) is 17.1 Å². The zero-order valence-electron chi connectivity index (χ0n) is 5.34. The number of benzene rings is 1. The van der Waals surface area contributed by atoms with Crippen LogP contribution in [0.25, 0.3) is 0 Å². The molecule has 6 heteroatoms. The van der Waals surface area contributed by atoms with Crippen molar-refractivity contribution in [2.24, 2.45) is 0 Å². The molecular formula is C6H2CuF4S. The van der Waals surface area contributed by atoms with Crippen molar-refractivity contribution >= 4 is 12.6 Å². The van der Waals surface area contributed by atoms with Crippen LogP contribution in [0.2, 0.25) is 0 Å². The van der Waals surface area contributed by atoms with E-state index >= 15 is 0 Å². The van der Waals surface area contributed by atoms with Crippen LogP contribution in [0.5, 0.6) is 0 Å². The van der Waals surface area contributed by atoms with Gasteiger partial charge in [-0.25, -0.2) is 17.6 Å². The van der Waals surface area contributed by atoms with Gasteiger partial charge in [0.05, 0.1) is 4.90 Å². The largest absolute Gasteiger partial charge is 0.204 e. The van der Waals surface area contributed by atoms with Crippen molar-refractivity contribution in [2.75, 3.05) is 0 Å². The molecule has 0 aliphatic rings. The third-order valence-electron chi connectivity index (χ3n) is 1.09. The molecule has 1 aromatic rings. The summed E-state index contributed by atoms with van der Waals surface area (Å²) in [5.74, 6) is -5.86. The summed E-state index contributed by atoms with van der Waals surface area (Å²) in [4.78, 5) is -0.942. The van der Waals surface area contributed by atoms with Gasteiger partial charge in [0.15, 0.2) is 23.3 Å². The number of halogens is 4. The standard InChI is InChI=1S/C6H2F4S.Cu/c7-2-1-3(8)5(10)6(11)4(2)9;/h1,11H;. The molecule has 0 spiro atoms. The predicted molar refractivity (Wildman–Crippen MR) is 33.5 cm³/mol. The van der Waals surface area contributed by atoms with Gasteiger partial charge in [0.1, 0.15) is 0 Å². The summed E-state index contributed by atoms with van der Waals surface area (Å²) in [5, 5.41) is 0. The van der Waals surface area contributed by atoms with E-state index in [9.17, 15) is 17.6 Å². The summed E-state index contributed by atoms with van der Waals surface area (Å²) in [6.45, 7) is 0. The molecule has 0 unspecified atom stereocenters. The first-order chi connectivity index (χ1) is 5.04. The fraction of sp³-hybridized carbons (Fsp3) is 0. The molecule has 0 atom stereocenters. The summed E-state index contributed by atoms with van der Waals surface area (Å²) in [6, 6.07) is 0.129. The second kappa shape index (κ2) is 4.16. The maximum atomic E-state index is 12.3. The van der Waals surface area contributed by atoms with Crippen LogP contribution in [0, 0.1) is 23.3 Å². The van der Waals surface area contributed by atoms with E-state index in [1.54, 1.807) is 0 Å². The van der Waals surface area contributed by atoms with Gasteiger partial charge in [-0.3, -0.25) is 0 Å². The number of thiol groups is 1. The van der Waals surface area contributed by atoms with Crippen molar-refractivity contribution in [1.29, 1.82) is 0 Å². The van der Waals surface area contributed by atoms with Crippen molar-refractivity contribution in [3.8, 4) is 0 Å². The van der Waals surface area contributed by atoms with Gasteiger partial charge < -0.3 is 0 Å². The Morgan fingerprint density at radius 1 is 0.917 bits per heavy atom. The van der Waals surface area contributed by atoms with E-state index in [-0.39, 0.29) is 23.1 Å². The van der Waals surface area contributed by atoms with Crippen LogP contribution in [0.4, 0.5) is 17.6 Å². The van der Waals surface area contributed by atoms with E-state index in [4.69, 9.17) is 0 Å². The maximum Gasteiger partial charge on any atom is 0.175 e. The Labute approximate surface area is 81.8 Å². The van der Waals surface area contributed by atoms with Crippen LogP contribution in [-0.4, -0.2) is 0 Å². The van der Waals surface area contributed by atoms with Crippen LogP contribution in [0.3, 0.4) is 0 Å². The molecular weight excluding hydrogens is 244 g/mol. The van der Waals surface area contributed by atoms with Crippen LogP contribution in [0.1, 0.15) is 0 Å². The van der Waals surface area contributed by atoms with E-state index in [0.717, 1.165) is 0 Å². The van der Waals surface area contributed by atoms with Crippen molar-refractivity contribution in [1.82, 2.24) is 0 Å². The van der Waals surface area contributed by atoms with Crippen molar-refractivity contribution < 1.29 is 34.6 Å². The van der Waals surface area contributed by atoms with E-state index in [1.807, 2.05) is 0 Å². The topological polar surface area (TPSA) is 0 Å². The molecule has 0 heterocycles. The van der Waals surface area contributed by atoms with Crippen LogP contribution in [0.15, 0.2) is 11.0 Å². The fourth-order valence-electron chi connectivity index (χ4n) is 0.561. The van der Waals surface area contributed by atoms with Gasteiger partial charge in [0.2, 0.25) is 0 Å². The monoisotopic (exact) mass is 245 g/mol. The van der Waals surface area contributed by atoms with Crippen molar-refractivity contribution in [3.05, 3.63) is 29.3 Å². The summed E-state index contributed by atoms with van der Waals surface area (Å²) < 4.78 is 49.0. The fourth-order valence-corrected chi connectivity index (χ4v) is 0.774. The second-order valence-corrected chi connectivity index (χ2v) is 2.26. The summed E-state index contributed by atoms with van der Waals surface area (Å²) >= 11 is 3.22. The quantitative estimate of drug-likeness (QED) is 0.309. The van der Waals surface area contributed by atoms with Gasteiger partial charge >= 0.3 is 0 Å². The molecule has 12 heavy (non-hydrogen) atoms. The zero-order valence-corrected chi connectivity index (χ0v) is 7.17. The SMILES string of the molecule is Fc1cc(F)c(F)c(S)c1F.[Cu]. The third kappa shape index (κ3) is 1.94. The first-order valence-electron chi connectivity index (χ1n) is 2.56. The molecule has 0 N–H and O–H groups in total. The van der Waals surface area contributed by atoms with Gasteiger partial charge in [0.25, 0.3) is 0 Å². The molecule has 0 saturated carbocycles. The molecule has 0 saturated heterocycles. The minimum atomic E-state index is -1.48. The molecule has 0 aromatic heterocycles. The first kappa shape index (κ1) is 11.8. The van der Waals surface area contributed by atoms with E-state index in [1.165, 1.54) is 0 Å². The number of rotatable bonds is 0. The molecule has 0 aliphatic carbocycles. The Kier molecular flexibility index (Phi) is 4.10. The van der Waals surface area contributed by atoms with Gasteiger partial charge in [-0.05, 0) is 0 Å². The van der Waals surface area contributed by atoms with Gasteiger partial charge in [0, 0.05) is 23.1 Å². The van der Waals surface area contributed by atoms with Gasteiger partial charge in [-0.15, -0.1) is 12.6 Å².